The average Bonchev–Trinajstić information content (AvgIpc) is 1.67. The lowest BCUT2D eigenvalue weighted by Crippen LogP contribution is -2.91. The van der Waals surface area contributed by atoms with Gasteiger partial charge in [0.15, 0.2) is 0 Å². The summed E-state index contributed by atoms with van der Waals surface area (Å²) in [6.07, 6.45) is 0. The van der Waals surface area contributed by atoms with E-state index >= 15 is 0 Å². The number of quaternary nitrogens is 1. The van der Waals surface area contributed by atoms with Crippen molar-refractivity contribution in [3.05, 3.63) is 5.21 Å². The Kier molecular flexibility index (Phi) is 2.44. The molecule has 0 saturated carbocycles. The van der Waals surface area contributed by atoms with Gasteiger partial charge in [-0.15, -0.1) is 0 Å². The molecule has 0 rings (SSSR count). The molecular weight excluding hydrogens is 102 g/mol. The van der Waals surface area contributed by atoms with Crippen LogP contribution < -0.4 is 5.48 Å². The summed E-state index contributed by atoms with van der Waals surface area (Å²) in [5.74, 6) is 0.444. The molecule has 0 aliphatic carbocycles. The van der Waals surface area contributed by atoms with Crippen LogP contribution in [-0.4, -0.2) is 5.54 Å². The highest BCUT2D eigenvalue weighted by Gasteiger charge is 2.21. The van der Waals surface area contributed by atoms with Crippen molar-refractivity contribution in [3.8, 4) is 0 Å². The van der Waals surface area contributed by atoms with E-state index in [1.54, 1.807) is 0 Å². The van der Waals surface area contributed by atoms with E-state index in [-0.39, 0.29) is 5.54 Å². The van der Waals surface area contributed by atoms with Gasteiger partial charge in [-0.3, -0.25) is 0 Å². The molecule has 2 N–H and O–H groups in total. The fourth-order valence-electron chi connectivity index (χ4n) is 0.136. The maximum Gasteiger partial charge on any atom is 0.0924 e. The van der Waals surface area contributed by atoms with E-state index in [1.165, 1.54) is 0 Å². The summed E-state index contributed by atoms with van der Waals surface area (Å²) in [6, 6.07) is 0. The molecule has 0 aliphatic heterocycles. The highest BCUT2D eigenvalue weighted by Crippen LogP contribution is 2.08. The van der Waals surface area contributed by atoms with Crippen LogP contribution in [0.1, 0.15) is 27.7 Å². The number of hydrogen-bond donors (Lipinski definition) is 1. The minimum atomic E-state index is -0.139. The molecule has 0 unspecified atom stereocenters. The third-order valence-electron chi connectivity index (χ3n) is 1.79. The van der Waals surface area contributed by atoms with Crippen LogP contribution in [0.3, 0.4) is 0 Å². The molecule has 2 heteroatoms. The highest BCUT2D eigenvalue weighted by atomic mass is 16.5. The summed E-state index contributed by atoms with van der Waals surface area (Å²) in [5, 5.41) is 10.3. The largest absolute Gasteiger partial charge is 0.635 e. The molecule has 0 aromatic rings. The smallest absolute Gasteiger partial charge is 0.0924 e. The third kappa shape index (κ3) is 1.80. The lowest BCUT2D eigenvalue weighted by molar-refractivity contribution is -0.670. The molecule has 0 aromatic heterocycles. The van der Waals surface area contributed by atoms with Crippen molar-refractivity contribution in [3.63, 3.8) is 0 Å². The maximum absolute atomic E-state index is 10.3. The van der Waals surface area contributed by atoms with E-state index in [2.05, 4.69) is 13.8 Å². The van der Waals surface area contributed by atoms with E-state index in [0.29, 0.717) is 5.92 Å². The highest BCUT2D eigenvalue weighted by molar-refractivity contribution is 4.67. The summed E-state index contributed by atoms with van der Waals surface area (Å²) < 4.78 is 0. The quantitative estimate of drug-likeness (QED) is 0.525. The zero-order valence-electron chi connectivity index (χ0n) is 6.06. The predicted molar refractivity (Wildman–Crippen MR) is 34.2 cm³/mol. The van der Waals surface area contributed by atoms with Gasteiger partial charge in [-0.05, 0) is 13.8 Å². The first kappa shape index (κ1) is 7.92. The van der Waals surface area contributed by atoms with Crippen molar-refractivity contribution in [2.45, 2.75) is 33.2 Å². The lowest BCUT2D eigenvalue weighted by Gasteiger charge is -2.28. The van der Waals surface area contributed by atoms with Gasteiger partial charge in [0.1, 0.15) is 0 Å². The van der Waals surface area contributed by atoms with Crippen molar-refractivity contribution in [2.24, 2.45) is 5.92 Å². The molecule has 0 fully saturated rings. The topological polar surface area (TPSA) is 39.7 Å². The van der Waals surface area contributed by atoms with Gasteiger partial charge >= 0.3 is 0 Å². The Morgan fingerprint density at radius 3 is 1.75 bits per heavy atom. The van der Waals surface area contributed by atoms with Crippen LogP contribution in [0.25, 0.3) is 0 Å². The molecule has 0 bridgehead atoms. The van der Waals surface area contributed by atoms with E-state index in [1.807, 2.05) is 13.8 Å². The molecule has 0 heterocycles. The zero-order valence-corrected chi connectivity index (χ0v) is 6.06. The Morgan fingerprint density at radius 2 is 1.75 bits per heavy atom. The third-order valence-corrected chi connectivity index (χ3v) is 1.79. The van der Waals surface area contributed by atoms with Gasteiger partial charge in [0.2, 0.25) is 0 Å². The monoisotopic (exact) mass is 117 g/mol. The van der Waals surface area contributed by atoms with Gasteiger partial charge in [-0.25, -0.2) is 0 Å². The standard InChI is InChI=1S/C6H15NO/c1-5(2)6(3,4)7-8/h5H,7H2,1-4H3. The van der Waals surface area contributed by atoms with Crippen molar-refractivity contribution in [2.75, 3.05) is 0 Å². The van der Waals surface area contributed by atoms with Gasteiger partial charge in [-0.1, -0.05) is 13.8 Å². The molecule has 0 amide bonds. The zero-order chi connectivity index (χ0) is 6.78. The van der Waals surface area contributed by atoms with Crippen molar-refractivity contribution in [1.29, 1.82) is 0 Å². The molecule has 0 radical (unpaired) electrons. The molecule has 0 spiro atoms. The normalized spacial score (nSPS) is 12.8. The molecule has 2 nitrogen and oxygen atoms in total. The Bertz CT molecular complexity index is 68.9. The average molecular weight is 117 g/mol. The fourth-order valence-corrected chi connectivity index (χ4v) is 0.136. The van der Waals surface area contributed by atoms with Gasteiger partial charge in [-0.2, -0.15) is 0 Å². The van der Waals surface area contributed by atoms with Gasteiger partial charge in [0, 0.05) is 5.92 Å². The minimum Gasteiger partial charge on any atom is -0.635 e. The summed E-state index contributed by atoms with van der Waals surface area (Å²) in [6.45, 7) is 8.00. The van der Waals surface area contributed by atoms with E-state index < -0.39 is 0 Å². The van der Waals surface area contributed by atoms with Gasteiger partial charge < -0.3 is 10.7 Å². The Hall–Kier alpha value is -0.0800. The van der Waals surface area contributed by atoms with E-state index in [4.69, 9.17) is 0 Å². The minimum absolute atomic E-state index is 0.139. The van der Waals surface area contributed by atoms with Crippen molar-refractivity contribution < 1.29 is 5.48 Å². The van der Waals surface area contributed by atoms with E-state index in [9.17, 15) is 5.21 Å². The molecule has 0 saturated heterocycles. The molecule has 8 heavy (non-hydrogen) atoms. The SMILES string of the molecule is CC(C)C(C)(C)[NH2+][O-]. The fraction of sp³-hybridized carbons (Fsp3) is 1.00. The van der Waals surface area contributed by atoms with Crippen LogP contribution in [0.5, 0.6) is 0 Å². The van der Waals surface area contributed by atoms with Crippen LogP contribution in [0.15, 0.2) is 0 Å². The van der Waals surface area contributed by atoms with Crippen molar-refractivity contribution in [1.82, 2.24) is 0 Å². The summed E-state index contributed by atoms with van der Waals surface area (Å²) in [5.41, 5.74) is 0.873. The predicted octanol–water partition coefficient (Wildman–Crippen LogP) is 0.482. The van der Waals surface area contributed by atoms with Crippen molar-refractivity contribution >= 4 is 0 Å². The second-order valence-electron chi connectivity index (χ2n) is 3.09. The molecule has 0 aromatic carbocycles. The maximum atomic E-state index is 10.3. The Balaban J connectivity index is 3.71. The van der Waals surface area contributed by atoms with Crippen LogP contribution in [0.4, 0.5) is 0 Å². The van der Waals surface area contributed by atoms with Crippen LogP contribution in [-0.2, 0) is 0 Å². The van der Waals surface area contributed by atoms with Gasteiger partial charge in [0.25, 0.3) is 0 Å². The van der Waals surface area contributed by atoms with Crippen LogP contribution in [0.2, 0.25) is 0 Å². The molecular formula is C6H15NO. The first-order valence-electron chi connectivity index (χ1n) is 2.97. The molecule has 50 valence electrons. The Morgan fingerprint density at radius 1 is 1.38 bits per heavy atom. The van der Waals surface area contributed by atoms with Gasteiger partial charge in [0.05, 0.1) is 5.54 Å². The summed E-state index contributed by atoms with van der Waals surface area (Å²) in [4.78, 5) is 0. The van der Waals surface area contributed by atoms with Crippen LogP contribution >= 0.6 is 0 Å². The second kappa shape index (κ2) is 2.46. The number of rotatable bonds is 2. The van der Waals surface area contributed by atoms with Crippen LogP contribution in [0, 0.1) is 11.1 Å². The first-order valence-corrected chi connectivity index (χ1v) is 2.97. The molecule has 0 atom stereocenters. The summed E-state index contributed by atoms with van der Waals surface area (Å²) in [7, 11) is 0. The number of hydroxylamine groups is 1. The summed E-state index contributed by atoms with van der Waals surface area (Å²) >= 11 is 0. The second-order valence-corrected chi connectivity index (χ2v) is 3.09. The number of nitrogens with two attached hydrogens (primary N) is 1. The Labute approximate surface area is 50.9 Å². The lowest BCUT2D eigenvalue weighted by atomic mass is 9.92. The van der Waals surface area contributed by atoms with E-state index in [0.717, 1.165) is 5.48 Å². The first-order chi connectivity index (χ1) is 3.50. The molecule has 0 aliphatic rings. The number of hydrogen-bond acceptors (Lipinski definition) is 1.